The molecule has 0 saturated heterocycles. The predicted molar refractivity (Wildman–Crippen MR) is 144 cm³/mol. The first kappa shape index (κ1) is 23.3. The fourth-order valence-electron chi connectivity index (χ4n) is 4.47. The number of hydrogen-bond donors (Lipinski definition) is 0. The van der Waals surface area contributed by atoms with Crippen molar-refractivity contribution >= 4 is 16.6 Å². The summed E-state index contributed by atoms with van der Waals surface area (Å²) in [5.41, 5.74) is 4.62. The monoisotopic (exact) mass is 505 g/mol. The Kier molecular flexibility index (Phi) is 5.76. The van der Waals surface area contributed by atoms with Gasteiger partial charge in [0.2, 0.25) is 5.65 Å². The van der Waals surface area contributed by atoms with Crippen LogP contribution < -0.4 is 19.8 Å². The van der Waals surface area contributed by atoms with Crippen molar-refractivity contribution in [2.24, 2.45) is 0 Å². The van der Waals surface area contributed by atoms with Crippen LogP contribution in [-0.4, -0.2) is 28.6 Å². The summed E-state index contributed by atoms with van der Waals surface area (Å²) in [6, 6.07) is 22.2. The summed E-state index contributed by atoms with van der Waals surface area (Å²) in [6.07, 6.45) is 3.68. The number of aryl methyl sites for hydroxylation is 1. The molecule has 0 fully saturated rings. The van der Waals surface area contributed by atoms with Gasteiger partial charge in [-0.1, -0.05) is 12.1 Å². The zero-order valence-corrected chi connectivity index (χ0v) is 21.0. The normalized spacial score (nSPS) is 11.1. The lowest BCUT2D eigenvalue weighted by Gasteiger charge is -2.12. The van der Waals surface area contributed by atoms with Crippen molar-refractivity contribution in [1.29, 1.82) is 0 Å². The van der Waals surface area contributed by atoms with E-state index in [1.165, 1.54) is 6.07 Å². The lowest BCUT2D eigenvalue weighted by molar-refractivity contribution is 0.415. The van der Waals surface area contributed by atoms with E-state index in [0.29, 0.717) is 28.6 Å². The SMILES string of the molecule is COc1ccc(-c2cn3c(-c4ccccc4OC)cnc3c(Oc3ccc4c(C)cc(=O)oc4c3)n2)cc1. The summed E-state index contributed by atoms with van der Waals surface area (Å²) >= 11 is 0. The minimum absolute atomic E-state index is 0.300. The Hall–Kier alpha value is -5.11. The number of aromatic nitrogens is 3. The third-order valence-electron chi connectivity index (χ3n) is 6.37. The Labute approximate surface area is 217 Å². The van der Waals surface area contributed by atoms with Crippen LogP contribution in [0.1, 0.15) is 5.56 Å². The summed E-state index contributed by atoms with van der Waals surface area (Å²) < 4.78 is 24.5. The molecule has 8 nitrogen and oxygen atoms in total. The van der Waals surface area contributed by atoms with Gasteiger partial charge in [0, 0.05) is 34.8 Å². The first-order chi connectivity index (χ1) is 18.5. The van der Waals surface area contributed by atoms with Crippen LogP contribution in [0.5, 0.6) is 23.1 Å². The Bertz CT molecular complexity index is 1860. The summed E-state index contributed by atoms with van der Waals surface area (Å²) in [4.78, 5) is 21.4. The molecule has 6 aromatic rings. The highest BCUT2D eigenvalue weighted by molar-refractivity contribution is 5.81. The number of fused-ring (bicyclic) bond motifs is 2. The molecular formula is C30H23N3O5. The van der Waals surface area contributed by atoms with E-state index in [2.05, 4.69) is 4.98 Å². The molecule has 6 rings (SSSR count). The summed E-state index contributed by atoms with van der Waals surface area (Å²) in [5, 5.41) is 0.835. The fraction of sp³-hybridized carbons (Fsp3) is 0.100. The first-order valence-electron chi connectivity index (χ1n) is 11.9. The van der Waals surface area contributed by atoms with E-state index >= 15 is 0 Å². The van der Waals surface area contributed by atoms with E-state index in [9.17, 15) is 4.79 Å². The van der Waals surface area contributed by atoms with Crippen molar-refractivity contribution in [2.75, 3.05) is 14.2 Å². The summed E-state index contributed by atoms with van der Waals surface area (Å²) in [7, 11) is 3.27. The quantitative estimate of drug-likeness (QED) is 0.246. The van der Waals surface area contributed by atoms with Crippen molar-refractivity contribution in [1.82, 2.24) is 14.4 Å². The lowest BCUT2D eigenvalue weighted by atomic mass is 10.1. The number of nitrogens with zero attached hydrogens (tertiary/aromatic N) is 3. The standard InChI is InChI=1S/C30H23N3O5/c1-18-14-28(34)38-27-15-21(12-13-22(18)27)37-30-29-31-16-25(23-6-4-5-7-26(23)36-3)33(29)17-24(32-30)19-8-10-20(35-2)11-9-19/h4-17H,1-3H3. The molecule has 0 spiro atoms. The zero-order chi connectivity index (χ0) is 26.2. The number of para-hydroxylation sites is 1. The molecule has 3 aromatic heterocycles. The Morgan fingerprint density at radius 1 is 0.895 bits per heavy atom. The smallest absolute Gasteiger partial charge is 0.336 e. The number of rotatable bonds is 6. The third-order valence-corrected chi connectivity index (χ3v) is 6.37. The molecule has 0 bridgehead atoms. The minimum atomic E-state index is -0.413. The van der Waals surface area contributed by atoms with Crippen LogP contribution in [0, 0.1) is 6.92 Å². The van der Waals surface area contributed by atoms with E-state index in [1.54, 1.807) is 26.5 Å². The van der Waals surface area contributed by atoms with Gasteiger partial charge in [0.1, 0.15) is 22.8 Å². The molecule has 0 aliphatic heterocycles. The maximum atomic E-state index is 11.9. The van der Waals surface area contributed by atoms with E-state index in [0.717, 1.165) is 39.3 Å². The molecule has 0 radical (unpaired) electrons. The van der Waals surface area contributed by atoms with Crippen LogP contribution in [0.15, 0.2) is 94.4 Å². The largest absolute Gasteiger partial charge is 0.497 e. The molecule has 0 unspecified atom stereocenters. The zero-order valence-electron chi connectivity index (χ0n) is 21.0. The maximum absolute atomic E-state index is 11.9. The molecule has 0 aliphatic rings. The molecule has 8 heteroatoms. The van der Waals surface area contributed by atoms with E-state index in [-0.39, 0.29) is 0 Å². The number of benzene rings is 3. The second kappa shape index (κ2) is 9.40. The predicted octanol–water partition coefficient (Wildman–Crippen LogP) is 6.29. The van der Waals surface area contributed by atoms with Crippen LogP contribution >= 0.6 is 0 Å². The molecule has 0 aliphatic carbocycles. The van der Waals surface area contributed by atoms with Gasteiger partial charge in [-0.05, 0) is 61.0 Å². The Morgan fingerprint density at radius 3 is 2.47 bits per heavy atom. The summed E-state index contributed by atoms with van der Waals surface area (Å²) in [5.74, 6) is 2.24. The maximum Gasteiger partial charge on any atom is 0.336 e. The van der Waals surface area contributed by atoms with Crippen molar-refractivity contribution < 1.29 is 18.6 Å². The van der Waals surface area contributed by atoms with Crippen LogP contribution in [0.2, 0.25) is 0 Å². The van der Waals surface area contributed by atoms with Crippen LogP contribution in [0.25, 0.3) is 39.1 Å². The molecule has 38 heavy (non-hydrogen) atoms. The Balaban J connectivity index is 1.53. The number of hydrogen-bond acceptors (Lipinski definition) is 7. The second-order valence-electron chi connectivity index (χ2n) is 8.71. The average Bonchev–Trinajstić information content (AvgIpc) is 3.37. The number of ether oxygens (including phenoxy) is 3. The third kappa shape index (κ3) is 4.12. The number of methoxy groups -OCH3 is 2. The van der Waals surface area contributed by atoms with Gasteiger partial charge < -0.3 is 18.6 Å². The van der Waals surface area contributed by atoms with Crippen molar-refractivity contribution in [3.63, 3.8) is 0 Å². The van der Waals surface area contributed by atoms with Crippen LogP contribution in [-0.2, 0) is 0 Å². The van der Waals surface area contributed by atoms with Gasteiger partial charge in [0.05, 0.1) is 31.8 Å². The van der Waals surface area contributed by atoms with Gasteiger partial charge in [0.15, 0.2) is 0 Å². The van der Waals surface area contributed by atoms with Crippen LogP contribution in [0.4, 0.5) is 0 Å². The fourth-order valence-corrected chi connectivity index (χ4v) is 4.47. The van der Waals surface area contributed by atoms with E-state index < -0.39 is 5.63 Å². The van der Waals surface area contributed by atoms with Gasteiger partial charge in [-0.2, -0.15) is 0 Å². The van der Waals surface area contributed by atoms with Gasteiger partial charge >= 0.3 is 5.63 Å². The molecule has 0 saturated carbocycles. The molecule has 0 N–H and O–H groups in total. The first-order valence-corrected chi connectivity index (χ1v) is 11.9. The molecule has 3 heterocycles. The van der Waals surface area contributed by atoms with E-state index in [1.807, 2.05) is 78.2 Å². The van der Waals surface area contributed by atoms with Gasteiger partial charge in [0.25, 0.3) is 5.88 Å². The average molecular weight is 506 g/mol. The van der Waals surface area contributed by atoms with Crippen molar-refractivity contribution in [3.8, 4) is 45.6 Å². The van der Waals surface area contributed by atoms with E-state index in [4.69, 9.17) is 23.6 Å². The highest BCUT2D eigenvalue weighted by atomic mass is 16.5. The Morgan fingerprint density at radius 2 is 1.68 bits per heavy atom. The molecular weight excluding hydrogens is 482 g/mol. The summed E-state index contributed by atoms with van der Waals surface area (Å²) in [6.45, 7) is 1.87. The second-order valence-corrected chi connectivity index (χ2v) is 8.71. The lowest BCUT2D eigenvalue weighted by Crippen LogP contribution is -2.00. The molecule has 0 amide bonds. The highest BCUT2D eigenvalue weighted by Gasteiger charge is 2.18. The van der Waals surface area contributed by atoms with Gasteiger partial charge in [-0.25, -0.2) is 14.8 Å². The minimum Gasteiger partial charge on any atom is -0.497 e. The topological polar surface area (TPSA) is 88.1 Å². The molecule has 3 aromatic carbocycles. The van der Waals surface area contributed by atoms with Crippen molar-refractivity contribution in [2.45, 2.75) is 6.92 Å². The van der Waals surface area contributed by atoms with Gasteiger partial charge in [-0.3, -0.25) is 4.40 Å². The number of imidazole rings is 1. The molecule has 188 valence electrons. The van der Waals surface area contributed by atoms with Crippen LogP contribution in [0.3, 0.4) is 0 Å². The van der Waals surface area contributed by atoms with Gasteiger partial charge in [-0.15, -0.1) is 0 Å². The molecule has 0 atom stereocenters. The highest BCUT2D eigenvalue weighted by Crippen LogP contribution is 2.35. The van der Waals surface area contributed by atoms with Crippen molar-refractivity contribution in [3.05, 3.63) is 101 Å².